The summed E-state index contributed by atoms with van der Waals surface area (Å²) in [6.07, 6.45) is 0. The van der Waals surface area contributed by atoms with Crippen molar-refractivity contribution >= 4 is 29.3 Å². The summed E-state index contributed by atoms with van der Waals surface area (Å²) in [6.45, 7) is 4.27. The molecule has 0 aromatic heterocycles. The van der Waals surface area contributed by atoms with E-state index in [9.17, 15) is 4.79 Å². The number of thioether (sulfide) groups is 1. The highest BCUT2D eigenvalue weighted by atomic mass is 35.5. The number of rotatable bonds is 4. The van der Waals surface area contributed by atoms with Gasteiger partial charge in [-0.25, -0.2) is 0 Å². The van der Waals surface area contributed by atoms with Crippen molar-refractivity contribution in [2.45, 2.75) is 24.7 Å². The second-order valence-electron chi connectivity index (χ2n) is 4.42. The van der Waals surface area contributed by atoms with Crippen LogP contribution in [-0.4, -0.2) is 30.7 Å². The summed E-state index contributed by atoms with van der Waals surface area (Å²) in [5.41, 5.74) is 1.22. The van der Waals surface area contributed by atoms with Gasteiger partial charge in [0.2, 0.25) is 5.91 Å². The Kier molecular flexibility index (Phi) is 5.34. The van der Waals surface area contributed by atoms with Crippen molar-refractivity contribution in [3.63, 3.8) is 0 Å². The van der Waals surface area contributed by atoms with Crippen molar-refractivity contribution in [1.82, 2.24) is 4.90 Å². The van der Waals surface area contributed by atoms with Crippen LogP contribution < -0.4 is 0 Å². The van der Waals surface area contributed by atoms with E-state index in [0.717, 1.165) is 9.92 Å². The minimum Gasteiger partial charge on any atom is -0.348 e. The van der Waals surface area contributed by atoms with E-state index in [1.807, 2.05) is 12.1 Å². The number of benzene rings is 1. The molecule has 0 aliphatic heterocycles. The van der Waals surface area contributed by atoms with Gasteiger partial charge in [-0.2, -0.15) is 0 Å². The molecule has 0 saturated heterocycles. The van der Waals surface area contributed by atoms with E-state index < -0.39 is 0 Å². The SMILES string of the molecule is CC(C)c1ccc(SCC(=O)N(C)C)c(Cl)c1. The molecular formula is C13H18ClNOS. The zero-order valence-corrected chi connectivity index (χ0v) is 12.2. The van der Waals surface area contributed by atoms with Crippen molar-refractivity contribution in [1.29, 1.82) is 0 Å². The molecule has 0 aliphatic rings. The van der Waals surface area contributed by atoms with Crippen molar-refractivity contribution in [2.24, 2.45) is 0 Å². The van der Waals surface area contributed by atoms with Gasteiger partial charge in [0, 0.05) is 19.0 Å². The van der Waals surface area contributed by atoms with Gasteiger partial charge in [0.25, 0.3) is 0 Å². The maximum Gasteiger partial charge on any atom is 0.232 e. The van der Waals surface area contributed by atoms with E-state index in [1.165, 1.54) is 17.3 Å². The van der Waals surface area contributed by atoms with E-state index in [4.69, 9.17) is 11.6 Å². The largest absolute Gasteiger partial charge is 0.348 e. The Morgan fingerprint density at radius 1 is 1.41 bits per heavy atom. The van der Waals surface area contributed by atoms with Crippen molar-refractivity contribution in [3.05, 3.63) is 28.8 Å². The summed E-state index contributed by atoms with van der Waals surface area (Å²) < 4.78 is 0. The molecule has 1 rings (SSSR count). The number of nitrogens with zero attached hydrogens (tertiary/aromatic N) is 1. The molecule has 0 bridgehead atoms. The van der Waals surface area contributed by atoms with Gasteiger partial charge in [-0.1, -0.05) is 31.5 Å². The molecule has 1 aromatic rings. The average molecular weight is 272 g/mol. The first-order valence-electron chi connectivity index (χ1n) is 5.54. The lowest BCUT2D eigenvalue weighted by Crippen LogP contribution is -2.23. The van der Waals surface area contributed by atoms with Crippen molar-refractivity contribution < 1.29 is 4.79 Å². The Balaban J connectivity index is 2.70. The summed E-state index contributed by atoms with van der Waals surface area (Å²) in [4.78, 5) is 14.0. The third-order valence-electron chi connectivity index (χ3n) is 2.47. The monoisotopic (exact) mass is 271 g/mol. The molecule has 4 heteroatoms. The molecule has 2 nitrogen and oxygen atoms in total. The summed E-state index contributed by atoms with van der Waals surface area (Å²) in [5.74, 6) is 0.988. The van der Waals surface area contributed by atoms with Gasteiger partial charge in [-0.3, -0.25) is 4.79 Å². The molecule has 1 aromatic carbocycles. The first kappa shape index (κ1) is 14.4. The highest BCUT2D eigenvalue weighted by Crippen LogP contribution is 2.30. The van der Waals surface area contributed by atoms with Crippen LogP contribution in [0.25, 0.3) is 0 Å². The van der Waals surface area contributed by atoms with Crippen LogP contribution in [0.15, 0.2) is 23.1 Å². The zero-order chi connectivity index (χ0) is 13.0. The second-order valence-corrected chi connectivity index (χ2v) is 5.85. The van der Waals surface area contributed by atoms with Crippen LogP contribution in [0.2, 0.25) is 5.02 Å². The first-order chi connectivity index (χ1) is 7.91. The molecule has 0 atom stereocenters. The maximum absolute atomic E-state index is 11.5. The van der Waals surface area contributed by atoms with Gasteiger partial charge < -0.3 is 4.90 Å². The molecule has 17 heavy (non-hydrogen) atoms. The van der Waals surface area contributed by atoms with Gasteiger partial charge >= 0.3 is 0 Å². The Morgan fingerprint density at radius 3 is 2.53 bits per heavy atom. The standard InChI is InChI=1S/C13H18ClNOS/c1-9(2)10-5-6-12(11(14)7-10)17-8-13(16)15(3)4/h5-7,9H,8H2,1-4H3. The number of amides is 1. The fraction of sp³-hybridized carbons (Fsp3) is 0.462. The zero-order valence-electron chi connectivity index (χ0n) is 10.7. The first-order valence-corrected chi connectivity index (χ1v) is 6.90. The highest BCUT2D eigenvalue weighted by molar-refractivity contribution is 8.00. The van der Waals surface area contributed by atoms with Crippen LogP contribution in [0, 0.1) is 0 Å². The lowest BCUT2D eigenvalue weighted by molar-refractivity contribution is -0.125. The second kappa shape index (κ2) is 6.31. The number of hydrogen-bond acceptors (Lipinski definition) is 2. The maximum atomic E-state index is 11.5. The number of carbonyl (C=O) groups is 1. The van der Waals surface area contributed by atoms with Crippen molar-refractivity contribution in [2.75, 3.05) is 19.8 Å². The molecule has 0 fully saturated rings. The van der Waals surface area contributed by atoms with E-state index in [-0.39, 0.29) is 5.91 Å². The van der Waals surface area contributed by atoms with Crippen LogP contribution in [-0.2, 0) is 4.79 Å². The van der Waals surface area contributed by atoms with E-state index in [0.29, 0.717) is 11.7 Å². The molecule has 94 valence electrons. The van der Waals surface area contributed by atoms with E-state index in [1.54, 1.807) is 19.0 Å². The Hall–Kier alpha value is -0.670. The lowest BCUT2D eigenvalue weighted by atomic mass is 10.0. The molecule has 1 amide bonds. The molecule has 0 radical (unpaired) electrons. The molecule has 0 aliphatic carbocycles. The van der Waals surface area contributed by atoms with Gasteiger partial charge in [-0.15, -0.1) is 11.8 Å². The van der Waals surface area contributed by atoms with Crippen LogP contribution in [0.3, 0.4) is 0 Å². The van der Waals surface area contributed by atoms with Crippen LogP contribution in [0.4, 0.5) is 0 Å². The highest BCUT2D eigenvalue weighted by Gasteiger charge is 2.09. The molecule has 0 unspecified atom stereocenters. The summed E-state index contributed by atoms with van der Waals surface area (Å²) in [6, 6.07) is 6.04. The smallest absolute Gasteiger partial charge is 0.232 e. The predicted octanol–water partition coefficient (Wildman–Crippen LogP) is 3.64. The number of halogens is 1. The van der Waals surface area contributed by atoms with E-state index >= 15 is 0 Å². The quantitative estimate of drug-likeness (QED) is 0.779. The normalized spacial score (nSPS) is 10.7. The fourth-order valence-electron chi connectivity index (χ4n) is 1.26. The molecule has 0 heterocycles. The summed E-state index contributed by atoms with van der Waals surface area (Å²) in [5, 5.41) is 0.729. The lowest BCUT2D eigenvalue weighted by Gasteiger charge is -2.11. The van der Waals surface area contributed by atoms with Gasteiger partial charge in [0.05, 0.1) is 10.8 Å². The van der Waals surface area contributed by atoms with E-state index in [2.05, 4.69) is 19.9 Å². The molecule has 0 N–H and O–H groups in total. The number of hydrogen-bond donors (Lipinski definition) is 0. The Labute approximate surface area is 112 Å². The fourth-order valence-corrected chi connectivity index (χ4v) is 2.51. The molecular weight excluding hydrogens is 254 g/mol. The molecule has 0 saturated carbocycles. The predicted molar refractivity (Wildman–Crippen MR) is 75.0 cm³/mol. The third kappa shape index (κ3) is 4.25. The van der Waals surface area contributed by atoms with Gasteiger partial charge in [-0.05, 0) is 23.6 Å². The van der Waals surface area contributed by atoms with Crippen LogP contribution in [0.1, 0.15) is 25.3 Å². The summed E-state index contributed by atoms with van der Waals surface area (Å²) in [7, 11) is 3.51. The third-order valence-corrected chi connectivity index (χ3v) is 3.96. The van der Waals surface area contributed by atoms with Gasteiger partial charge in [0.15, 0.2) is 0 Å². The number of carbonyl (C=O) groups excluding carboxylic acids is 1. The van der Waals surface area contributed by atoms with Crippen molar-refractivity contribution in [3.8, 4) is 0 Å². The summed E-state index contributed by atoms with van der Waals surface area (Å²) >= 11 is 7.67. The van der Waals surface area contributed by atoms with Crippen LogP contribution >= 0.6 is 23.4 Å². The minimum atomic E-state index is 0.0963. The molecule has 0 spiro atoms. The van der Waals surface area contributed by atoms with Gasteiger partial charge in [0.1, 0.15) is 0 Å². The Bertz CT molecular complexity index is 404. The topological polar surface area (TPSA) is 20.3 Å². The minimum absolute atomic E-state index is 0.0963. The Morgan fingerprint density at radius 2 is 2.06 bits per heavy atom. The van der Waals surface area contributed by atoms with Crippen LogP contribution in [0.5, 0.6) is 0 Å². The average Bonchev–Trinajstić information content (AvgIpc) is 2.26.